The summed E-state index contributed by atoms with van der Waals surface area (Å²) in [5.41, 5.74) is 2.17. The van der Waals surface area contributed by atoms with Crippen LogP contribution < -0.4 is 29.0 Å². The van der Waals surface area contributed by atoms with Crippen LogP contribution in [0.5, 0.6) is 28.7 Å². The minimum Gasteiger partial charge on any atom is -0.493 e. The second-order valence-corrected chi connectivity index (χ2v) is 7.59. The number of carbonyl (C=O) groups excluding carboxylic acids is 1. The summed E-state index contributed by atoms with van der Waals surface area (Å²) < 4.78 is 53.6. The number of ether oxygens (including phenoxy) is 5. The van der Waals surface area contributed by atoms with E-state index < -0.39 is 17.5 Å². The normalized spacial score (nSPS) is 11.0. The molecule has 0 bridgehead atoms. The highest BCUT2D eigenvalue weighted by Gasteiger charge is 2.15. The molecule has 7 nitrogen and oxygen atoms in total. The summed E-state index contributed by atoms with van der Waals surface area (Å²) in [6.45, 7) is 0. The van der Waals surface area contributed by atoms with Gasteiger partial charge < -0.3 is 29.0 Å². The predicted molar refractivity (Wildman–Crippen MR) is 139 cm³/mol. The molecule has 37 heavy (non-hydrogen) atoms. The van der Waals surface area contributed by atoms with E-state index in [1.54, 1.807) is 24.3 Å². The molecule has 0 spiro atoms. The van der Waals surface area contributed by atoms with Crippen molar-refractivity contribution in [3.05, 3.63) is 76.9 Å². The zero-order valence-electron chi connectivity index (χ0n) is 21.1. The Kier molecular flexibility index (Phi) is 9.10. The molecule has 0 aliphatic carbocycles. The topological polar surface area (TPSA) is 75.3 Å². The molecule has 0 radical (unpaired) electrons. The SMILES string of the molecule is COc1cc(/C=C/c2cc(OC)c(OC)c(OC)c2)cc(NC(=O)/C=C/c2ccc(F)c(F)c2)c1OC. The molecule has 1 N–H and O–H groups in total. The van der Waals surface area contributed by atoms with Crippen LogP contribution in [0.15, 0.2) is 48.5 Å². The largest absolute Gasteiger partial charge is 0.493 e. The molecule has 0 saturated carbocycles. The fraction of sp³-hybridized carbons (Fsp3) is 0.179. The van der Waals surface area contributed by atoms with Crippen molar-refractivity contribution in [1.29, 1.82) is 0 Å². The van der Waals surface area contributed by atoms with Gasteiger partial charge in [-0.25, -0.2) is 8.78 Å². The molecule has 3 aromatic rings. The summed E-state index contributed by atoms with van der Waals surface area (Å²) in [7, 11) is 7.54. The molecule has 0 aliphatic heterocycles. The minimum atomic E-state index is -0.999. The van der Waals surface area contributed by atoms with Gasteiger partial charge in [0, 0.05) is 6.08 Å². The van der Waals surface area contributed by atoms with Crippen molar-refractivity contribution < 1.29 is 37.3 Å². The fourth-order valence-corrected chi connectivity index (χ4v) is 3.53. The Morgan fingerprint density at radius 2 is 1.19 bits per heavy atom. The summed E-state index contributed by atoms with van der Waals surface area (Å²) >= 11 is 0. The summed E-state index contributed by atoms with van der Waals surface area (Å²) in [5, 5.41) is 2.73. The zero-order chi connectivity index (χ0) is 26.9. The van der Waals surface area contributed by atoms with Gasteiger partial charge in [-0.05, 0) is 59.2 Å². The molecular formula is C28H27F2NO6. The monoisotopic (exact) mass is 511 g/mol. The number of nitrogens with one attached hydrogen (secondary N) is 1. The Hall–Kier alpha value is -4.53. The van der Waals surface area contributed by atoms with Gasteiger partial charge in [0.05, 0.1) is 41.2 Å². The smallest absolute Gasteiger partial charge is 0.248 e. The molecule has 0 saturated heterocycles. The van der Waals surface area contributed by atoms with Crippen LogP contribution in [0, 0.1) is 11.6 Å². The van der Waals surface area contributed by atoms with Crippen molar-refractivity contribution in [1.82, 2.24) is 0 Å². The van der Waals surface area contributed by atoms with Gasteiger partial charge in [-0.2, -0.15) is 0 Å². The second kappa shape index (κ2) is 12.4. The number of anilines is 1. The van der Waals surface area contributed by atoms with Crippen molar-refractivity contribution in [2.24, 2.45) is 0 Å². The Morgan fingerprint density at radius 1 is 0.649 bits per heavy atom. The summed E-state index contributed by atoms with van der Waals surface area (Å²) in [6.07, 6.45) is 6.22. The van der Waals surface area contributed by atoms with Gasteiger partial charge in [-0.15, -0.1) is 0 Å². The predicted octanol–water partition coefficient (Wildman–Crippen LogP) is 5.83. The molecule has 0 unspecified atom stereocenters. The number of carbonyl (C=O) groups is 1. The lowest BCUT2D eigenvalue weighted by Crippen LogP contribution is -2.09. The maximum atomic E-state index is 13.4. The molecule has 9 heteroatoms. The lowest BCUT2D eigenvalue weighted by molar-refractivity contribution is -0.111. The second-order valence-electron chi connectivity index (χ2n) is 7.59. The Morgan fingerprint density at radius 3 is 1.70 bits per heavy atom. The van der Waals surface area contributed by atoms with Crippen molar-refractivity contribution in [3.8, 4) is 28.7 Å². The molecule has 3 aromatic carbocycles. The standard InChI is InChI=1S/C28H27F2NO6/c1-33-23-14-18(6-7-19-15-24(34-2)28(37-5)25(16-19)35-3)13-22(27(23)36-4)31-26(32)11-9-17-8-10-20(29)21(30)12-17/h6-16H,1-5H3,(H,31,32)/b7-6+,11-9+. The van der Waals surface area contributed by atoms with Crippen LogP contribution in [0.1, 0.15) is 16.7 Å². The number of rotatable bonds is 10. The third-order valence-corrected chi connectivity index (χ3v) is 5.29. The van der Waals surface area contributed by atoms with Crippen LogP contribution in [-0.4, -0.2) is 41.5 Å². The highest BCUT2D eigenvalue weighted by atomic mass is 19.2. The lowest BCUT2D eigenvalue weighted by atomic mass is 10.1. The average Bonchev–Trinajstić information content (AvgIpc) is 2.91. The van der Waals surface area contributed by atoms with Gasteiger partial charge in [-0.1, -0.05) is 18.2 Å². The molecule has 0 aromatic heterocycles. The van der Waals surface area contributed by atoms with Crippen LogP contribution >= 0.6 is 0 Å². The van der Waals surface area contributed by atoms with Crippen LogP contribution in [0.2, 0.25) is 0 Å². The van der Waals surface area contributed by atoms with E-state index in [-0.39, 0.29) is 0 Å². The van der Waals surface area contributed by atoms with Gasteiger partial charge in [0.15, 0.2) is 34.6 Å². The first-order chi connectivity index (χ1) is 17.8. The maximum absolute atomic E-state index is 13.4. The Bertz CT molecular complexity index is 1310. The highest BCUT2D eigenvalue weighted by molar-refractivity contribution is 6.03. The van der Waals surface area contributed by atoms with E-state index in [1.807, 2.05) is 12.2 Å². The summed E-state index contributed by atoms with van der Waals surface area (Å²) in [6, 6.07) is 10.4. The number of hydrogen-bond acceptors (Lipinski definition) is 6. The Labute approximate surface area is 213 Å². The van der Waals surface area contributed by atoms with E-state index in [1.165, 1.54) is 53.8 Å². The average molecular weight is 512 g/mol. The molecule has 1 amide bonds. The van der Waals surface area contributed by atoms with Gasteiger partial charge in [-0.3, -0.25) is 4.79 Å². The minimum absolute atomic E-state index is 0.321. The zero-order valence-corrected chi connectivity index (χ0v) is 21.1. The molecule has 0 aliphatic rings. The molecule has 194 valence electrons. The van der Waals surface area contributed by atoms with Crippen molar-refractivity contribution in [2.45, 2.75) is 0 Å². The van der Waals surface area contributed by atoms with Gasteiger partial charge in [0.2, 0.25) is 11.7 Å². The maximum Gasteiger partial charge on any atom is 0.248 e. The molecule has 0 atom stereocenters. The number of hydrogen-bond donors (Lipinski definition) is 1. The first-order valence-corrected chi connectivity index (χ1v) is 11.0. The van der Waals surface area contributed by atoms with E-state index in [4.69, 9.17) is 23.7 Å². The third-order valence-electron chi connectivity index (χ3n) is 5.29. The van der Waals surface area contributed by atoms with Crippen molar-refractivity contribution in [2.75, 3.05) is 40.9 Å². The van der Waals surface area contributed by atoms with Crippen LogP contribution in [0.25, 0.3) is 18.2 Å². The molecule has 0 fully saturated rings. The summed E-state index contributed by atoms with van der Waals surface area (Å²) in [5.74, 6) is -0.249. The number of benzene rings is 3. The first kappa shape index (κ1) is 27.1. The van der Waals surface area contributed by atoms with E-state index in [0.29, 0.717) is 45.6 Å². The number of halogens is 2. The molecule has 3 rings (SSSR count). The fourth-order valence-electron chi connectivity index (χ4n) is 3.53. The van der Waals surface area contributed by atoms with Crippen molar-refractivity contribution >= 4 is 29.8 Å². The van der Waals surface area contributed by atoms with Crippen LogP contribution in [0.4, 0.5) is 14.5 Å². The first-order valence-electron chi connectivity index (χ1n) is 11.0. The number of methoxy groups -OCH3 is 5. The lowest BCUT2D eigenvalue weighted by Gasteiger charge is -2.14. The van der Waals surface area contributed by atoms with Crippen LogP contribution in [0.3, 0.4) is 0 Å². The van der Waals surface area contributed by atoms with E-state index in [2.05, 4.69) is 5.32 Å². The Balaban J connectivity index is 1.90. The highest BCUT2D eigenvalue weighted by Crippen LogP contribution is 2.40. The van der Waals surface area contributed by atoms with Crippen molar-refractivity contribution in [3.63, 3.8) is 0 Å². The molecule has 0 heterocycles. The number of amides is 1. The van der Waals surface area contributed by atoms with Gasteiger partial charge in [0.1, 0.15) is 0 Å². The van der Waals surface area contributed by atoms with Gasteiger partial charge >= 0.3 is 0 Å². The quantitative estimate of drug-likeness (QED) is 0.273. The van der Waals surface area contributed by atoms with E-state index in [9.17, 15) is 13.6 Å². The van der Waals surface area contributed by atoms with E-state index >= 15 is 0 Å². The van der Waals surface area contributed by atoms with Gasteiger partial charge in [0.25, 0.3) is 0 Å². The van der Waals surface area contributed by atoms with Crippen LogP contribution in [-0.2, 0) is 4.79 Å². The van der Waals surface area contributed by atoms with E-state index in [0.717, 1.165) is 17.7 Å². The third kappa shape index (κ3) is 6.58. The molecular weight excluding hydrogens is 484 g/mol. The summed E-state index contributed by atoms with van der Waals surface area (Å²) in [4.78, 5) is 12.6.